The first-order valence-corrected chi connectivity index (χ1v) is 6.87. The quantitative estimate of drug-likeness (QED) is 0.777. The molecule has 0 fully saturated rings. The van der Waals surface area contributed by atoms with Crippen LogP contribution >= 0.6 is 11.3 Å². The SMILES string of the molecule is COc1ccc2nc(NC(=O)c3cncc(O)c3)sc2c1. The molecule has 106 valence electrons. The van der Waals surface area contributed by atoms with E-state index >= 15 is 0 Å². The van der Waals surface area contributed by atoms with Gasteiger partial charge in [-0.25, -0.2) is 4.98 Å². The van der Waals surface area contributed by atoms with Gasteiger partial charge in [-0.05, 0) is 24.3 Å². The standard InChI is InChI=1S/C14H11N3O3S/c1-20-10-2-3-11-12(5-10)21-14(16-11)17-13(19)8-4-9(18)7-15-6-8/h2-7,18H,1H3,(H,16,17,19). The van der Waals surface area contributed by atoms with Gasteiger partial charge in [0, 0.05) is 6.20 Å². The van der Waals surface area contributed by atoms with Gasteiger partial charge in [0.2, 0.25) is 0 Å². The molecule has 0 saturated heterocycles. The predicted molar refractivity (Wildman–Crippen MR) is 80.0 cm³/mol. The van der Waals surface area contributed by atoms with Crippen molar-refractivity contribution in [3.63, 3.8) is 0 Å². The summed E-state index contributed by atoms with van der Waals surface area (Å²) in [7, 11) is 1.60. The van der Waals surface area contributed by atoms with E-state index in [0.29, 0.717) is 5.13 Å². The molecule has 1 amide bonds. The van der Waals surface area contributed by atoms with Crippen molar-refractivity contribution in [1.82, 2.24) is 9.97 Å². The van der Waals surface area contributed by atoms with Gasteiger partial charge in [0.25, 0.3) is 5.91 Å². The summed E-state index contributed by atoms with van der Waals surface area (Å²) in [5.41, 5.74) is 1.05. The van der Waals surface area contributed by atoms with Crippen LogP contribution in [0.1, 0.15) is 10.4 Å². The lowest BCUT2D eigenvalue weighted by molar-refractivity contribution is 0.102. The second kappa shape index (κ2) is 5.37. The number of rotatable bonds is 3. The minimum atomic E-state index is -0.371. The summed E-state index contributed by atoms with van der Waals surface area (Å²) in [6.07, 6.45) is 2.64. The van der Waals surface area contributed by atoms with E-state index in [1.54, 1.807) is 7.11 Å². The van der Waals surface area contributed by atoms with Crippen LogP contribution in [0.4, 0.5) is 5.13 Å². The van der Waals surface area contributed by atoms with E-state index in [9.17, 15) is 9.90 Å². The van der Waals surface area contributed by atoms with Crippen molar-refractivity contribution in [2.75, 3.05) is 12.4 Å². The number of fused-ring (bicyclic) bond motifs is 1. The van der Waals surface area contributed by atoms with Gasteiger partial charge in [-0.3, -0.25) is 15.1 Å². The molecular formula is C14H11N3O3S. The third-order valence-corrected chi connectivity index (χ3v) is 3.74. The first kappa shape index (κ1) is 13.3. The van der Waals surface area contributed by atoms with Gasteiger partial charge >= 0.3 is 0 Å². The van der Waals surface area contributed by atoms with E-state index in [1.807, 2.05) is 18.2 Å². The Balaban J connectivity index is 1.86. The van der Waals surface area contributed by atoms with E-state index in [-0.39, 0.29) is 17.2 Å². The molecule has 6 nitrogen and oxygen atoms in total. The first-order valence-electron chi connectivity index (χ1n) is 6.05. The molecular weight excluding hydrogens is 290 g/mol. The minimum Gasteiger partial charge on any atom is -0.506 e. The average Bonchev–Trinajstić information content (AvgIpc) is 2.88. The van der Waals surface area contributed by atoms with Gasteiger partial charge in [0.1, 0.15) is 11.5 Å². The number of pyridine rings is 1. The summed E-state index contributed by atoms with van der Waals surface area (Å²) < 4.78 is 6.07. The van der Waals surface area contributed by atoms with Gasteiger partial charge < -0.3 is 9.84 Å². The topological polar surface area (TPSA) is 84.3 Å². The van der Waals surface area contributed by atoms with Gasteiger partial charge in [-0.1, -0.05) is 11.3 Å². The number of hydrogen-bond acceptors (Lipinski definition) is 6. The van der Waals surface area contributed by atoms with E-state index in [1.165, 1.54) is 29.8 Å². The molecule has 2 aromatic heterocycles. The lowest BCUT2D eigenvalue weighted by Crippen LogP contribution is -2.11. The third kappa shape index (κ3) is 2.77. The van der Waals surface area contributed by atoms with Crippen molar-refractivity contribution in [1.29, 1.82) is 0 Å². The number of ether oxygens (including phenoxy) is 1. The van der Waals surface area contributed by atoms with Crippen LogP contribution in [0.3, 0.4) is 0 Å². The third-order valence-electron chi connectivity index (χ3n) is 2.80. The Morgan fingerprint density at radius 1 is 1.33 bits per heavy atom. The highest BCUT2D eigenvalue weighted by Gasteiger charge is 2.11. The number of carbonyl (C=O) groups excluding carboxylic acids is 1. The predicted octanol–water partition coefficient (Wildman–Crippen LogP) is 2.66. The number of aromatic hydroxyl groups is 1. The highest BCUT2D eigenvalue weighted by molar-refractivity contribution is 7.22. The van der Waals surface area contributed by atoms with Crippen LogP contribution < -0.4 is 10.1 Å². The molecule has 1 aromatic carbocycles. The summed E-state index contributed by atoms with van der Waals surface area (Å²) in [5, 5.41) is 12.5. The fraction of sp³-hybridized carbons (Fsp3) is 0.0714. The number of benzene rings is 1. The number of thiazole rings is 1. The molecule has 2 N–H and O–H groups in total. The highest BCUT2D eigenvalue weighted by atomic mass is 32.1. The largest absolute Gasteiger partial charge is 0.506 e. The number of hydrogen-bond donors (Lipinski definition) is 2. The molecule has 0 radical (unpaired) electrons. The zero-order chi connectivity index (χ0) is 14.8. The van der Waals surface area contributed by atoms with Crippen LogP contribution in [0.5, 0.6) is 11.5 Å². The molecule has 0 bridgehead atoms. The molecule has 21 heavy (non-hydrogen) atoms. The molecule has 0 aliphatic rings. The number of anilines is 1. The van der Waals surface area contributed by atoms with Crippen molar-refractivity contribution >= 4 is 32.6 Å². The molecule has 3 aromatic rings. The second-order valence-corrected chi connectivity index (χ2v) is 5.27. The molecule has 2 heterocycles. The maximum Gasteiger partial charge on any atom is 0.259 e. The maximum atomic E-state index is 12.0. The molecule has 0 spiro atoms. The molecule has 0 atom stereocenters. The van der Waals surface area contributed by atoms with Crippen molar-refractivity contribution in [2.45, 2.75) is 0 Å². The Morgan fingerprint density at radius 2 is 2.19 bits per heavy atom. The minimum absolute atomic E-state index is 0.0586. The fourth-order valence-corrected chi connectivity index (χ4v) is 2.70. The molecule has 0 saturated carbocycles. The smallest absolute Gasteiger partial charge is 0.259 e. The Bertz CT molecular complexity index is 816. The number of nitrogens with zero attached hydrogens (tertiary/aromatic N) is 2. The monoisotopic (exact) mass is 301 g/mol. The highest BCUT2D eigenvalue weighted by Crippen LogP contribution is 2.29. The Labute approximate surface area is 124 Å². The van der Waals surface area contributed by atoms with Crippen LogP contribution in [-0.2, 0) is 0 Å². The van der Waals surface area contributed by atoms with Crippen LogP contribution in [0.25, 0.3) is 10.2 Å². The second-order valence-electron chi connectivity index (χ2n) is 4.24. The molecule has 7 heteroatoms. The summed E-state index contributed by atoms with van der Waals surface area (Å²) in [6.45, 7) is 0. The summed E-state index contributed by atoms with van der Waals surface area (Å²) in [4.78, 5) is 20.1. The van der Waals surface area contributed by atoms with E-state index in [0.717, 1.165) is 16.0 Å². The molecule has 0 unspecified atom stereocenters. The van der Waals surface area contributed by atoms with Gasteiger partial charge in [-0.2, -0.15) is 0 Å². The lowest BCUT2D eigenvalue weighted by Gasteiger charge is -2.00. The van der Waals surface area contributed by atoms with E-state index in [2.05, 4.69) is 15.3 Å². The molecule has 0 aliphatic heterocycles. The van der Waals surface area contributed by atoms with Crippen LogP contribution in [-0.4, -0.2) is 28.1 Å². The number of amides is 1. The van der Waals surface area contributed by atoms with Crippen LogP contribution in [0.15, 0.2) is 36.7 Å². The van der Waals surface area contributed by atoms with Gasteiger partial charge in [0.05, 0.1) is 29.1 Å². The van der Waals surface area contributed by atoms with Crippen molar-refractivity contribution in [3.8, 4) is 11.5 Å². The lowest BCUT2D eigenvalue weighted by atomic mass is 10.2. The zero-order valence-electron chi connectivity index (χ0n) is 11.0. The van der Waals surface area contributed by atoms with E-state index < -0.39 is 0 Å². The number of aromatic nitrogens is 2. The Kier molecular flexibility index (Phi) is 3.41. The van der Waals surface area contributed by atoms with Gasteiger partial charge in [0.15, 0.2) is 5.13 Å². The van der Waals surface area contributed by atoms with Crippen molar-refractivity contribution in [2.24, 2.45) is 0 Å². The maximum absolute atomic E-state index is 12.0. The first-order chi connectivity index (χ1) is 10.2. The molecule has 3 rings (SSSR count). The number of carbonyl (C=O) groups is 1. The summed E-state index contributed by atoms with van der Waals surface area (Å²) >= 11 is 1.35. The van der Waals surface area contributed by atoms with Crippen LogP contribution in [0.2, 0.25) is 0 Å². The normalized spacial score (nSPS) is 10.5. The van der Waals surface area contributed by atoms with Crippen molar-refractivity contribution < 1.29 is 14.6 Å². The van der Waals surface area contributed by atoms with E-state index in [4.69, 9.17) is 4.74 Å². The average molecular weight is 301 g/mol. The molecule has 0 aliphatic carbocycles. The van der Waals surface area contributed by atoms with Crippen molar-refractivity contribution in [3.05, 3.63) is 42.2 Å². The summed E-state index contributed by atoms with van der Waals surface area (Å²) in [6, 6.07) is 6.85. The zero-order valence-corrected chi connectivity index (χ0v) is 11.8. The summed E-state index contributed by atoms with van der Waals surface area (Å²) in [5.74, 6) is 0.308. The fourth-order valence-electron chi connectivity index (χ4n) is 1.81. The number of nitrogens with one attached hydrogen (secondary N) is 1. The van der Waals surface area contributed by atoms with Gasteiger partial charge in [-0.15, -0.1) is 0 Å². The number of methoxy groups -OCH3 is 1. The van der Waals surface area contributed by atoms with Crippen LogP contribution in [0, 0.1) is 0 Å². The Morgan fingerprint density at radius 3 is 2.95 bits per heavy atom. The Hall–Kier alpha value is -2.67.